The first-order valence-corrected chi connectivity index (χ1v) is 11.1. The Morgan fingerprint density at radius 3 is 2.40 bits per heavy atom. The smallest absolute Gasteiger partial charge is 0.251 e. The molecule has 2 aliphatic rings. The molecule has 2 aromatic carbocycles. The zero-order valence-corrected chi connectivity index (χ0v) is 17.6. The fourth-order valence-electron chi connectivity index (χ4n) is 4.52. The van der Waals surface area contributed by atoms with E-state index in [-0.39, 0.29) is 24.3 Å². The number of β-lactam (4-membered cyclic amide) rings is 1. The molecule has 1 atom stereocenters. The number of carbonyl (C=O) groups is 2. The maximum absolute atomic E-state index is 13.5. The van der Waals surface area contributed by atoms with Crippen LogP contribution in [0.2, 0.25) is 0 Å². The highest BCUT2D eigenvalue weighted by atomic mass is 16.2. The SMILES string of the molecule is CCc1ccc(N2C(=O)C[C@]2(/C=C/c2ccccc2)C(=O)NC2CCCCC2)cc1. The van der Waals surface area contributed by atoms with Crippen LogP contribution < -0.4 is 10.2 Å². The summed E-state index contributed by atoms with van der Waals surface area (Å²) in [4.78, 5) is 27.9. The van der Waals surface area contributed by atoms with Gasteiger partial charge in [-0.15, -0.1) is 0 Å². The summed E-state index contributed by atoms with van der Waals surface area (Å²) in [6.45, 7) is 2.11. The van der Waals surface area contributed by atoms with E-state index in [1.54, 1.807) is 4.90 Å². The van der Waals surface area contributed by atoms with E-state index in [9.17, 15) is 9.59 Å². The molecule has 1 aliphatic carbocycles. The van der Waals surface area contributed by atoms with Crippen LogP contribution in [-0.2, 0) is 16.0 Å². The van der Waals surface area contributed by atoms with Crippen LogP contribution in [0.1, 0.15) is 56.6 Å². The van der Waals surface area contributed by atoms with Crippen molar-refractivity contribution in [3.63, 3.8) is 0 Å². The number of carbonyl (C=O) groups excluding carboxylic acids is 2. The molecule has 1 N–H and O–H groups in total. The van der Waals surface area contributed by atoms with Crippen LogP contribution in [0, 0.1) is 0 Å². The standard InChI is InChI=1S/C26H30N2O2/c1-2-20-13-15-23(16-14-20)28-24(29)19-26(28,18-17-21-9-5-3-6-10-21)25(30)27-22-11-7-4-8-12-22/h3,5-6,9-10,13-18,22H,2,4,7-8,11-12,19H2,1H3,(H,27,30)/b18-17+/t26-/m1/s1. The first kappa shape index (κ1) is 20.4. The number of nitrogens with one attached hydrogen (secondary N) is 1. The van der Waals surface area contributed by atoms with Crippen molar-refractivity contribution in [1.82, 2.24) is 5.32 Å². The van der Waals surface area contributed by atoms with Crippen molar-refractivity contribution in [2.45, 2.75) is 63.5 Å². The number of anilines is 1. The Kier molecular flexibility index (Phi) is 6.03. The van der Waals surface area contributed by atoms with E-state index in [1.165, 1.54) is 12.0 Å². The van der Waals surface area contributed by atoms with Crippen molar-refractivity contribution in [1.29, 1.82) is 0 Å². The molecule has 4 nitrogen and oxygen atoms in total. The number of hydrogen-bond donors (Lipinski definition) is 1. The van der Waals surface area contributed by atoms with E-state index in [1.807, 2.05) is 66.7 Å². The molecule has 0 radical (unpaired) electrons. The molecule has 156 valence electrons. The Balaban J connectivity index is 1.66. The Labute approximate surface area is 179 Å². The third kappa shape index (κ3) is 4.04. The third-order valence-electron chi connectivity index (χ3n) is 6.36. The van der Waals surface area contributed by atoms with E-state index in [0.717, 1.165) is 43.4 Å². The molecule has 0 aromatic heterocycles. The molecule has 4 rings (SSSR count). The van der Waals surface area contributed by atoms with Gasteiger partial charge in [0, 0.05) is 11.7 Å². The second-order valence-electron chi connectivity index (χ2n) is 8.40. The van der Waals surface area contributed by atoms with E-state index >= 15 is 0 Å². The molecule has 2 fully saturated rings. The van der Waals surface area contributed by atoms with Gasteiger partial charge in [0.1, 0.15) is 0 Å². The summed E-state index contributed by atoms with van der Waals surface area (Å²) >= 11 is 0. The van der Waals surface area contributed by atoms with Crippen LogP contribution in [0.5, 0.6) is 0 Å². The lowest BCUT2D eigenvalue weighted by Crippen LogP contribution is -2.70. The largest absolute Gasteiger partial charge is 0.351 e. The van der Waals surface area contributed by atoms with Crippen LogP contribution in [0.4, 0.5) is 5.69 Å². The molecule has 1 heterocycles. The summed E-state index contributed by atoms with van der Waals surface area (Å²) in [5.74, 6) is -0.0866. The van der Waals surface area contributed by atoms with Crippen molar-refractivity contribution in [3.8, 4) is 0 Å². The highest BCUT2D eigenvalue weighted by Crippen LogP contribution is 2.39. The van der Waals surface area contributed by atoms with Crippen molar-refractivity contribution in [3.05, 3.63) is 71.8 Å². The topological polar surface area (TPSA) is 49.4 Å². The summed E-state index contributed by atoms with van der Waals surface area (Å²) in [5, 5.41) is 3.26. The Hall–Kier alpha value is -2.88. The molecule has 0 bridgehead atoms. The van der Waals surface area contributed by atoms with E-state index in [2.05, 4.69) is 12.2 Å². The maximum atomic E-state index is 13.5. The number of nitrogens with zero attached hydrogens (tertiary/aromatic N) is 1. The molecule has 0 unspecified atom stereocenters. The average Bonchev–Trinajstić information content (AvgIpc) is 2.78. The Morgan fingerprint density at radius 1 is 1.07 bits per heavy atom. The lowest BCUT2D eigenvalue weighted by Gasteiger charge is -2.49. The molecule has 0 spiro atoms. The van der Waals surface area contributed by atoms with Gasteiger partial charge in [0.2, 0.25) is 5.91 Å². The summed E-state index contributed by atoms with van der Waals surface area (Å²) in [5.41, 5.74) is 2.03. The van der Waals surface area contributed by atoms with Crippen LogP contribution >= 0.6 is 0 Å². The zero-order valence-electron chi connectivity index (χ0n) is 17.6. The van der Waals surface area contributed by atoms with Crippen LogP contribution in [0.25, 0.3) is 6.08 Å². The fraction of sp³-hybridized carbons (Fsp3) is 0.385. The quantitative estimate of drug-likeness (QED) is 0.700. The van der Waals surface area contributed by atoms with Crippen LogP contribution in [0.15, 0.2) is 60.7 Å². The van der Waals surface area contributed by atoms with Crippen molar-refractivity contribution in [2.24, 2.45) is 0 Å². The second-order valence-corrected chi connectivity index (χ2v) is 8.40. The monoisotopic (exact) mass is 402 g/mol. The first-order valence-electron chi connectivity index (χ1n) is 11.1. The molecule has 2 amide bonds. The molecule has 1 aliphatic heterocycles. The van der Waals surface area contributed by atoms with Gasteiger partial charge in [0.15, 0.2) is 5.54 Å². The first-order chi connectivity index (χ1) is 14.6. The minimum Gasteiger partial charge on any atom is -0.351 e. The molecular weight excluding hydrogens is 372 g/mol. The average molecular weight is 403 g/mol. The number of hydrogen-bond acceptors (Lipinski definition) is 2. The third-order valence-corrected chi connectivity index (χ3v) is 6.36. The van der Waals surface area contributed by atoms with Crippen molar-refractivity contribution < 1.29 is 9.59 Å². The molecule has 1 saturated carbocycles. The number of rotatable bonds is 6. The summed E-state index contributed by atoms with van der Waals surface area (Å²) in [7, 11) is 0. The van der Waals surface area contributed by atoms with Crippen LogP contribution in [0.3, 0.4) is 0 Å². The maximum Gasteiger partial charge on any atom is 0.251 e. The Morgan fingerprint density at radius 2 is 1.77 bits per heavy atom. The number of aryl methyl sites for hydroxylation is 1. The predicted octanol–water partition coefficient (Wildman–Crippen LogP) is 4.89. The van der Waals surface area contributed by atoms with Gasteiger partial charge in [-0.2, -0.15) is 0 Å². The normalized spacial score (nSPS) is 22.2. The molecule has 4 heteroatoms. The highest BCUT2D eigenvalue weighted by molar-refractivity contribution is 6.15. The van der Waals surface area contributed by atoms with Gasteiger partial charge >= 0.3 is 0 Å². The minimum absolute atomic E-state index is 0.0178. The van der Waals surface area contributed by atoms with Gasteiger partial charge in [-0.25, -0.2) is 0 Å². The zero-order chi connectivity index (χ0) is 21.0. The van der Waals surface area contributed by atoms with Gasteiger partial charge in [-0.3, -0.25) is 14.5 Å². The highest BCUT2D eigenvalue weighted by Gasteiger charge is 2.55. The van der Waals surface area contributed by atoms with E-state index in [4.69, 9.17) is 0 Å². The van der Waals surface area contributed by atoms with Gasteiger partial charge in [0.05, 0.1) is 6.42 Å². The van der Waals surface area contributed by atoms with E-state index in [0.29, 0.717) is 0 Å². The Bertz CT molecular complexity index is 914. The van der Waals surface area contributed by atoms with Gasteiger partial charge in [-0.1, -0.05) is 74.7 Å². The van der Waals surface area contributed by atoms with Crippen molar-refractivity contribution >= 4 is 23.6 Å². The summed E-state index contributed by atoms with van der Waals surface area (Å²) < 4.78 is 0. The molecule has 1 saturated heterocycles. The number of benzene rings is 2. The van der Waals surface area contributed by atoms with E-state index < -0.39 is 5.54 Å². The van der Waals surface area contributed by atoms with Gasteiger partial charge in [0.25, 0.3) is 5.91 Å². The lowest BCUT2D eigenvalue weighted by atomic mass is 9.80. The van der Waals surface area contributed by atoms with Gasteiger partial charge < -0.3 is 5.32 Å². The molecular formula is C26H30N2O2. The summed E-state index contributed by atoms with van der Waals surface area (Å²) in [6, 6.07) is 18.1. The van der Waals surface area contributed by atoms with Crippen LogP contribution in [-0.4, -0.2) is 23.4 Å². The fourth-order valence-corrected chi connectivity index (χ4v) is 4.52. The predicted molar refractivity (Wildman–Crippen MR) is 121 cm³/mol. The molecule has 30 heavy (non-hydrogen) atoms. The number of amides is 2. The molecule has 2 aromatic rings. The lowest BCUT2D eigenvalue weighted by molar-refractivity contribution is -0.137. The van der Waals surface area contributed by atoms with Crippen molar-refractivity contribution in [2.75, 3.05) is 4.90 Å². The second kappa shape index (κ2) is 8.86. The minimum atomic E-state index is -0.974. The summed E-state index contributed by atoms with van der Waals surface area (Å²) in [6.07, 6.45) is 10.6. The van der Waals surface area contributed by atoms with Gasteiger partial charge in [-0.05, 0) is 48.6 Å².